The predicted molar refractivity (Wildman–Crippen MR) is 89.8 cm³/mol. The maximum absolute atomic E-state index is 11.4. The van der Waals surface area contributed by atoms with Gasteiger partial charge < -0.3 is 20.3 Å². The molecule has 1 aromatic rings. The number of aliphatic hydroxyl groups excluding tert-OH is 1. The van der Waals surface area contributed by atoms with E-state index < -0.39 is 5.97 Å². The van der Waals surface area contributed by atoms with Gasteiger partial charge in [0, 0.05) is 18.0 Å². The van der Waals surface area contributed by atoms with Crippen LogP contribution < -0.4 is 10.5 Å². The van der Waals surface area contributed by atoms with Crippen molar-refractivity contribution < 1.29 is 19.4 Å². The first kappa shape index (κ1) is 18.3. The van der Waals surface area contributed by atoms with Gasteiger partial charge in [0.05, 0.1) is 12.8 Å². The van der Waals surface area contributed by atoms with Crippen molar-refractivity contribution in [3.63, 3.8) is 0 Å². The van der Waals surface area contributed by atoms with Gasteiger partial charge in [-0.3, -0.25) is 4.99 Å². The van der Waals surface area contributed by atoms with Crippen LogP contribution in [0.15, 0.2) is 47.0 Å². The number of rotatable bonds is 6. The lowest BCUT2D eigenvalue weighted by Crippen LogP contribution is -2.11. The quantitative estimate of drug-likeness (QED) is 0.364. The average Bonchev–Trinajstić information content (AvgIpc) is 2.54. The maximum atomic E-state index is 11.4. The Balaban J connectivity index is 2.98. The molecule has 0 bridgehead atoms. The molecule has 0 heterocycles. The highest BCUT2D eigenvalue weighted by Gasteiger charge is 2.14. The van der Waals surface area contributed by atoms with E-state index in [9.17, 15) is 4.79 Å². The molecule has 23 heavy (non-hydrogen) atoms. The van der Waals surface area contributed by atoms with Crippen molar-refractivity contribution in [3.8, 4) is 5.75 Å². The fourth-order valence-corrected chi connectivity index (χ4v) is 1.52. The van der Waals surface area contributed by atoms with Crippen molar-refractivity contribution in [2.75, 3.05) is 7.11 Å². The molecule has 0 fully saturated rings. The predicted octanol–water partition coefficient (Wildman–Crippen LogP) is 3.15. The highest BCUT2D eigenvalue weighted by atomic mass is 16.6. The Morgan fingerprint density at radius 1 is 1.39 bits per heavy atom. The Bertz CT molecular complexity index is 646. The molecule has 1 aromatic carbocycles. The van der Waals surface area contributed by atoms with Crippen LogP contribution in [-0.2, 0) is 9.53 Å². The first-order chi connectivity index (χ1) is 10.9. The molecule has 6 heteroatoms. The molecule has 0 saturated carbocycles. The summed E-state index contributed by atoms with van der Waals surface area (Å²) in [5.41, 5.74) is 7.96. The molecule has 0 amide bonds. The van der Waals surface area contributed by atoms with Crippen LogP contribution in [-0.4, -0.2) is 24.4 Å². The van der Waals surface area contributed by atoms with Crippen molar-refractivity contribution in [1.82, 2.24) is 0 Å². The molecule has 0 spiro atoms. The van der Waals surface area contributed by atoms with Gasteiger partial charge in [0.2, 0.25) is 5.76 Å². The van der Waals surface area contributed by atoms with Crippen molar-refractivity contribution >= 4 is 17.9 Å². The van der Waals surface area contributed by atoms with E-state index >= 15 is 0 Å². The summed E-state index contributed by atoms with van der Waals surface area (Å²) in [5, 5.41) is 9.06. The van der Waals surface area contributed by atoms with E-state index in [1.54, 1.807) is 30.5 Å². The summed E-state index contributed by atoms with van der Waals surface area (Å²) in [6.07, 6.45) is 3.90. The molecule has 0 aliphatic heterocycles. The lowest BCUT2D eigenvalue weighted by molar-refractivity contribution is -0.138. The number of aryl methyl sites for hydroxylation is 1. The second kappa shape index (κ2) is 8.63. The van der Waals surface area contributed by atoms with Crippen molar-refractivity contribution in [2.24, 2.45) is 16.6 Å². The number of aliphatic hydroxyl groups is 1. The fraction of sp³-hybridized carbons (Fsp3) is 0.294. The standard InChI is InChI=1S/C17H22N2O4/c1-11(2)14(18)7-8-19-13-6-5-12(3)15(9-13)23-16(10-20)17(21)22-4/h5-11,20H,18H2,1-4H3/b14-7-,16-10-,19-8?. The Kier molecular flexibility index (Phi) is 6.86. The highest BCUT2D eigenvalue weighted by molar-refractivity contribution is 5.86. The zero-order chi connectivity index (χ0) is 17.4. The van der Waals surface area contributed by atoms with E-state index in [-0.39, 0.29) is 11.7 Å². The van der Waals surface area contributed by atoms with Crippen LogP contribution in [0.25, 0.3) is 0 Å². The first-order valence-corrected chi connectivity index (χ1v) is 7.10. The molecular formula is C17H22N2O4. The number of hydrogen-bond acceptors (Lipinski definition) is 6. The van der Waals surface area contributed by atoms with Crippen LogP contribution in [0.3, 0.4) is 0 Å². The molecule has 0 aromatic heterocycles. The molecule has 124 valence electrons. The number of carbonyl (C=O) groups excluding carboxylic acids is 1. The number of ether oxygens (including phenoxy) is 2. The number of hydrogen-bond donors (Lipinski definition) is 2. The molecule has 0 saturated heterocycles. The third-order valence-corrected chi connectivity index (χ3v) is 3.05. The fourth-order valence-electron chi connectivity index (χ4n) is 1.52. The number of esters is 1. The first-order valence-electron chi connectivity index (χ1n) is 7.10. The Morgan fingerprint density at radius 2 is 2.09 bits per heavy atom. The van der Waals surface area contributed by atoms with Gasteiger partial charge in [0.1, 0.15) is 12.0 Å². The van der Waals surface area contributed by atoms with E-state index in [4.69, 9.17) is 15.6 Å². The summed E-state index contributed by atoms with van der Waals surface area (Å²) in [7, 11) is 1.20. The summed E-state index contributed by atoms with van der Waals surface area (Å²) in [5.74, 6) is -0.434. The van der Waals surface area contributed by atoms with Crippen LogP contribution in [0.4, 0.5) is 5.69 Å². The summed E-state index contributed by atoms with van der Waals surface area (Å²) in [6, 6.07) is 5.25. The number of carbonyl (C=O) groups is 1. The minimum absolute atomic E-state index is 0.246. The van der Waals surface area contributed by atoms with Gasteiger partial charge >= 0.3 is 5.97 Å². The zero-order valence-corrected chi connectivity index (χ0v) is 13.7. The molecule has 0 radical (unpaired) electrons. The van der Waals surface area contributed by atoms with Gasteiger partial charge in [-0.15, -0.1) is 0 Å². The number of nitrogens with zero attached hydrogens (tertiary/aromatic N) is 1. The van der Waals surface area contributed by atoms with Crippen LogP contribution in [0, 0.1) is 12.8 Å². The molecular weight excluding hydrogens is 296 g/mol. The summed E-state index contributed by atoms with van der Waals surface area (Å²) in [6.45, 7) is 5.80. The van der Waals surface area contributed by atoms with Gasteiger partial charge in [-0.05, 0) is 30.5 Å². The SMILES string of the molecule is COC(=O)/C(=C/O)Oc1cc(N=C/C=C(\N)C(C)C)ccc1C. The summed E-state index contributed by atoms with van der Waals surface area (Å²) < 4.78 is 9.89. The monoisotopic (exact) mass is 318 g/mol. The van der Waals surface area contributed by atoms with Gasteiger partial charge in [0.15, 0.2) is 0 Å². The third kappa shape index (κ3) is 5.50. The molecule has 1 rings (SSSR count). The van der Waals surface area contributed by atoms with Crippen molar-refractivity contribution in [1.29, 1.82) is 0 Å². The second-order valence-electron chi connectivity index (χ2n) is 5.14. The zero-order valence-electron chi connectivity index (χ0n) is 13.7. The minimum atomic E-state index is -0.770. The summed E-state index contributed by atoms with van der Waals surface area (Å²) in [4.78, 5) is 15.7. The van der Waals surface area contributed by atoms with Crippen LogP contribution in [0.2, 0.25) is 0 Å². The maximum Gasteiger partial charge on any atom is 0.377 e. The number of aliphatic imine (C=N–C) groups is 1. The van der Waals surface area contributed by atoms with Gasteiger partial charge in [-0.25, -0.2) is 4.79 Å². The Hall–Kier alpha value is -2.76. The molecule has 3 N–H and O–H groups in total. The topological polar surface area (TPSA) is 94.1 Å². The molecule has 0 aliphatic carbocycles. The van der Waals surface area contributed by atoms with Gasteiger partial charge in [-0.1, -0.05) is 19.9 Å². The number of methoxy groups -OCH3 is 1. The van der Waals surface area contributed by atoms with Crippen molar-refractivity contribution in [2.45, 2.75) is 20.8 Å². The Morgan fingerprint density at radius 3 is 2.65 bits per heavy atom. The molecule has 0 unspecified atom stereocenters. The van der Waals surface area contributed by atoms with E-state index in [1.807, 2.05) is 20.8 Å². The van der Waals surface area contributed by atoms with Crippen molar-refractivity contribution in [3.05, 3.63) is 47.6 Å². The van der Waals surface area contributed by atoms with Gasteiger partial charge in [0.25, 0.3) is 0 Å². The number of allylic oxidation sites excluding steroid dienone is 2. The Labute approximate surface area is 135 Å². The molecule has 0 aliphatic rings. The largest absolute Gasteiger partial charge is 0.511 e. The lowest BCUT2D eigenvalue weighted by atomic mass is 10.1. The summed E-state index contributed by atoms with van der Waals surface area (Å²) >= 11 is 0. The normalized spacial score (nSPS) is 12.7. The van der Waals surface area contributed by atoms with E-state index in [0.29, 0.717) is 17.7 Å². The average molecular weight is 318 g/mol. The number of benzene rings is 1. The second-order valence-corrected chi connectivity index (χ2v) is 5.14. The molecule has 6 nitrogen and oxygen atoms in total. The van der Waals surface area contributed by atoms with E-state index in [2.05, 4.69) is 9.73 Å². The van der Waals surface area contributed by atoms with Gasteiger partial charge in [-0.2, -0.15) is 0 Å². The number of nitrogens with two attached hydrogens (primary N) is 1. The smallest absolute Gasteiger partial charge is 0.377 e. The minimum Gasteiger partial charge on any atom is -0.511 e. The molecule has 0 atom stereocenters. The van der Waals surface area contributed by atoms with E-state index in [1.165, 1.54) is 7.11 Å². The van der Waals surface area contributed by atoms with E-state index in [0.717, 1.165) is 11.3 Å². The van der Waals surface area contributed by atoms with Crippen LogP contribution in [0.5, 0.6) is 5.75 Å². The van der Waals surface area contributed by atoms with Crippen LogP contribution >= 0.6 is 0 Å². The highest BCUT2D eigenvalue weighted by Crippen LogP contribution is 2.26. The third-order valence-electron chi connectivity index (χ3n) is 3.05. The van der Waals surface area contributed by atoms with Crippen LogP contribution in [0.1, 0.15) is 19.4 Å². The lowest BCUT2D eigenvalue weighted by Gasteiger charge is -2.10.